The highest BCUT2D eigenvalue weighted by Gasteiger charge is 2.29. The molecule has 4 aromatic carbocycles. The van der Waals surface area contributed by atoms with Gasteiger partial charge in [-0.25, -0.2) is 13.2 Å². The van der Waals surface area contributed by atoms with E-state index in [2.05, 4.69) is 10.0 Å². The van der Waals surface area contributed by atoms with Gasteiger partial charge in [0.2, 0.25) is 6.10 Å². The average Bonchev–Trinajstić information content (AvgIpc) is 2.93. The van der Waals surface area contributed by atoms with Crippen molar-refractivity contribution in [3.05, 3.63) is 124 Å². The lowest BCUT2D eigenvalue weighted by Gasteiger charge is -2.22. The molecular formula is C34H36N2O5S. The zero-order chi connectivity index (χ0) is 30.7. The smallest absolute Gasteiger partial charge is 0.341 e. The summed E-state index contributed by atoms with van der Waals surface area (Å²) in [5.41, 5.74) is 4.11. The number of hydrogen-bond acceptors (Lipinski definition) is 5. The number of carbonyl (C=O) groups is 2. The van der Waals surface area contributed by atoms with Crippen molar-refractivity contribution in [2.75, 3.05) is 10.0 Å². The van der Waals surface area contributed by atoms with Crippen LogP contribution in [-0.2, 0) is 25.0 Å². The van der Waals surface area contributed by atoms with Crippen molar-refractivity contribution >= 4 is 33.3 Å². The van der Waals surface area contributed by atoms with Gasteiger partial charge in [-0.3, -0.25) is 9.52 Å². The lowest BCUT2D eigenvalue weighted by atomic mass is 9.87. The van der Waals surface area contributed by atoms with Gasteiger partial charge in [0.05, 0.1) is 16.1 Å². The second-order valence-electron chi connectivity index (χ2n) is 11.4. The third-order valence-electron chi connectivity index (χ3n) is 6.95. The Bertz CT molecular complexity index is 1720. The number of para-hydroxylation sites is 1. The first-order valence-corrected chi connectivity index (χ1v) is 15.1. The van der Waals surface area contributed by atoms with Gasteiger partial charge in [0, 0.05) is 11.3 Å². The Morgan fingerprint density at radius 1 is 0.762 bits per heavy atom. The van der Waals surface area contributed by atoms with Crippen LogP contribution in [0.1, 0.15) is 65.1 Å². The minimum absolute atomic E-state index is 0.0221. The van der Waals surface area contributed by atoms with Crippen LogP contribution in [0, 0.1) is 20.8 Å². The first-order chi connectivity index (χ1) is 19.8. The average molecular weight is 585 g/mol. The van der Waals surface area contributed by atoms with E-state index in [0.29, 0.717) is 16.8 Å². The second kappa shape index (κ2) is 12.2. The molecule has 0 saturated carbocycles. The fraction of sp³-hybridized carbons (Fsp3) is 0.235. The molecule has 0 aliphatic heterocycles. The highest BCUT2D eigenvalue weighted by molar-refractivity contribution is 7.92. The molecule has 0 radical (unpaired) electrons. The van der Waals surface area contributed by atoms with Gasteiger partial charge in [-0.15, -0.1) is 0 Å². The third kappa shape index (κ3) is 7.06. The lowest BCUT2D eigenvalue weighted by Crippen LogP contribution is -2.27. The molecule has 0 spiro atoms. The van der Waals surface area contributed by atoms with Crippen molar-refractivity contribution in [2.24, 2.45) is 0 Å². The fourth-order valence-corrected chi connectivity index (χ4v) is 5.80. The second-order valence-corrected chi connectivity index (χ2v) is 13.0. The monoisotopic (exact) mass is 584 g/mol. The first kappa shape index (κ1) is 30.5. The first-order valence-electron chi connectivity index (χ1n) is 13.6. The highest BCUT2D eigenvalue weighted by atomic mass is 32.2. The van der Waals surface area contributed by atoms with Gasteiger partial charge in [-0.2, -0.15) is 0 Å². The van der Waals surface area contributed by atoms with E-state index in [4.69, 9.17) is 4.74 Å². The van der Waals surface area contributed by atoms with Crippen LogP contribution in [-0.4, -0.2) is 20.3 Å². The molecule has 0 fully saturated rings. The molecule has 42 heavy (non-hydrogen) atoms. The summed E-state index contributed by atoms with van der Waals surface area (Å²) in [4.78, 5) is 27.2. The maximum Gasteiger partial charge on any atom is 0.341 e. The standard InChI is InChI=1S/C34H36N2O5S/c1-22-16-17-23(2)29(20-22)35-32(37)31(25-12-8-7-9-13-25)41-33(38)27-14-10-11-15-28(27)36-42(39,40)30-21-26(34(4,5)6)19-18-24(30)3/h7-21,31,36H,1-6H3,(H,35,37)/t31-/m0/s1. The Kier molecular flexibility index (Phi) is 8.87. The van der Waals surface area contributed by atoms with Crippen LogP contribution in [0.25, 0.3) is 0 Å². The maximum absolute atomic E-state index is 13.6. The molecule has 218 valence electrons. The van der Waals surface area contributed by atoms with Crippen molar-refractivity contribution in [2.45, 2.75) is 58.0 Å². The number of ether oxygens (including phenoxy) is 1. The topological polar surface area (TPSA) is 102 Å². The zero-order valence-electron chi connectivity index (χ0n) is 24.7. The number of benzene rings is 4. The van der Waals surface area contributed by atoms with E-state index in [1.165, 1.54) is 12.1 Å². The normalized spacial score (nSPS) is 12.3. The van der Waals surface area contributed by atoms with Crippen LogP contribution in [0.3, 0.4) is 0 Å². The van der Waals surface area contributed by atoms with Crippen LogP contribution in [0.2, 0.25) is 0 Å². The number of amides is 1. The Morgan fingerprint density at radius 2 is 1.40 bits per heavy atom. The molecule has 0 heterocycles. The highest BCUT2D eigenvalue weighted by Crippen LogP contribution is 2.30. The van der Waals surface area contributed by atoms with E-state index >= 15 is 0 Å². The largest absolute Gasteiger partial charge is 0.444 e. The number of hydrogen-bond donors (Lipinski definition) is 2. The molecule has 4 rings (SSSR count). The van der Waals surface area contributed by atoms with Gasteiger partial charge < -0.3 is 10.1 Å². The van der Waals surface area contributed by atoms with Gasteiger partial charge in [0.15, 0.2) is 0 Å². The summed E-state index contributed by atoms with van der Waals surface area (Å²) in [7, 11) is -4.07. The zero-order valence-corrected chi connectivity index (χ0v) is 25.5. The predicted octanol–water partition coefficient (Wildman–Crippen LogP) is 7.25. The lowest BCUT2D eigenvalue weighted by molar-refractivity contribution is -0.125. The van der Waals surface area contributed by atoms with E-state index in [9.17, 15) is 18.0 Å². The van der Waals surface area contributed by atoms with Crippen molar-refractivity contribution in [3.63, 3.8) is 0 Å². The van der Waals surface area contributed by atoms with Crippen molar-refractivity contribution in [3.8, 4) is 0 Å². The molecule has 2 N–H and O–H groups in total. The molecule has 8 heteroatoms. The Labute approximate surface area is 248 Å². The van der Waals surface area contributed by atoms with Crippen LogP contribution in [0.5, 0.6) is 0 Å². The molecule has 1 atom stereocenters. The number of esters is 1. The number of aryl methyl sites for hydroxylation is 3. The summed E-state index contributed by atoms with van der Waals surface area (Å²) >= 11 is 0. The van der Waals surface area contributed by atoms with Gasteiger partial charge >= 0.3 is 5.97 Å². The summed E-state index contributed by atoms with van der Waals surface area (Å²) in [6.45, 7) is 11.5. The van der Waals surface area contributed by atoms with Gasteiger partial charge in [0.25, 0.3) is 15.9 Å². The summed E-state index contributed by atoms with van der Waals surface area (Å²) in [5, 5.41) is 2.88. The molecule has 0 bridgehead atoms. The summed E-state index contributed by atoms with van der Waals surface area (Å²) < 4.78 is 35.5. The third-order valence-corrected chi connectivity index (χ3v) is 8.46. The summed E-state index contributed by atoms with van der Waals surface area (Å²) in [6.07, 6.45) is -1.28. The number of anilines is 2. The minimum atomic E-state index is -4.07. The van der Waals surface area contributed by atoms with E-state index in [1.54, 1.807) is 61.5 Å². The van der Waals surface area contributed by atoms with Crippen molar-refractivity contribution < 1.29 is 22.7 Å². The van der Waals surface area contributed by atoms with Crippen molar-refractivity contribution in [1.29, 1.82) is 0 Å². The number of sulfonamides is 1. The summed E-state index contributed by atoms with van der Waals surface area (Å²) in [6, 6.07) is 25.9. The maximum atomic E-state index is 13.6. The molecule has 0 saturated heterocycles. The number of carbonyl (C=O) groups excluding carboxylic acids is 2. The predicted molar refractivity (Wildman–Crippen MR) is 166 cm³/mol. The molecule has 0 unspecified atom stereocenters. The molecule has 0 aliphatic carbocycles. The SMILES string of the molecule is Cc1ccc(C)c(NC(=O)[C@@H](OC(=O)c2ccccc2NS(=O)(=O)c2cc(C(C)(C)C)ccc2C)c2ccccc2)c1. The van der Waals surface area contributed by atoms with E-state index in [1.807, 2.05) is 58.9 Å². The number of nitrogens with one attached hydrogen (secondary N) is 2. The Morgan fingerprint density at radius 3 is 2.10 bits per heavy atom. The summed E-state index contributed by atoms with van der Waals surface area (Å²) in [5.74, 6) is -1.38. The van der Waals surface area contributed by atoms with E-state index in [0.717, 1.165) is 16.7 Å². The minimum Gasteiger partial charge on any atom is -0.444 e. The van der Waals surface area contributed by atoms with E-state index < -0.39 is 28.0 Å². The van der Waals surface area contributed by atoms with Crippen LogP contribution in [0.4, 0.5) is 11.4 Å². The van der Waals surface area contributed by atoms with Gasteiger partial charge in [0.1, 0.15) is 0 Å². The van der Waals surface area contributed by atoms with Crippen LogP contribution in [0.15, 0.2) is 95.9 Å². The molecular weight excluding hydrogens is 548 g/mol. The quantitative estimate of drug-likeness (QED) is 0.213. The molecule has 0 aliphatic rings. The molecule has 0 aromatic heterocycles. The Balaban J connectivity index is 1.65. The fourth-order valence-electron chi connectivity index (χ4n) is 4.45. The van der Waals surface area contributed by atoms with Crippen molar-refractivity contribution in [1.82, 2.24) is 0 Å². The van der Waals surface area contributed by atoms with Crippen LogP contribution >= 0.6 is 0 Å². The molecule has 7 nitrogen and oxygen atoms in total. The van der Waals surface area contributed by atoms with E-state index in [-0.39, 0.29) is 21.6 Å². The van der Waals surface area contributed by atoms with Gasteiger partial charge in [-0.05, 0) is 72.7 Å². The van der Waals surface area contributed by atoms with Crippen LogP contribution < -0.4 is 10.0 Å². The molecule has 4 aromatic rings. The molecule has 1 amide bonds. The Hall–Kier alpha value is -4.43. The number of rotatable bonds is 8. The van der Waals surface area contributed by atoms with Gasteiger partial charge in [-0.1, -0.05) is 87.5 Å².